The summed E-state index contributed by atoms with van der Waals surface area (Å²) in [6, 6.07) is 5.45. The van der Waals surface area contributed by atoms with E-state index in [-0.39, 0.29) is 12.0 Å². The standard InChI is InChI=1S/C13H19ClN2O/c14-10-3-4-12(11(15)7-10)16-8-13(9-17)5-1-2-6-13/h3-4,7,16-17H,1-2,5-6,8-9,15H2. The van der Waals surface area contributed by atoms with Crippen molar-refractivity contribution in [3.8, 4) is 0 Å². The monoisotopic (exact) mass is 254 g/mol. The van der Waals surface area contributed by atoms with Gasteiger partial charge in [0.05, 0.1) is 18.0 Å². The number of hydrogen-bond donors (Lipinski definition) is 3. The lowest BCUT2D eigenvalue weighted by Crippen LogP contribution is -2.30. The zero-order chi connectivity index (χ0) is 12.3. The van der Waals surface area contributed by atoms with Crippen LogP contribution in [-0.4, -0.2) is 18.3 Å². The van der Waals surface area contributed by atoms with Crippen LogP contribution in [0, 0.1) is 5.41 Å². The molecule has 2 rings (SSSR count). The van der Waals surface area contributed by atoms with Crippen LogP contribution in [0.2, 0.25) is 5.02 Å². The second kappa shape index (κ2) is 5.15. The zero-order valence-corrected chi connectivity index (χ0v) is 10.6. The summed E-state index contributed by atoms with van der Waals surface area (Å²) in [5, 5.41) is 13.5. The molecule has 0 aliphatic heterocycles. The molecule has 3 nitrogen and oxygen atoms in total. The van der Waals surface area contributed by atoms with E-state index >= 15 is 0 Å². The molecule has 0 unspecified atom stereocenters. The number of nitrogens with one attached hydrogen (secondary N) is 1. The average molecular weight is 255 g/mol. The van der Waals surface area contributed by atoms with Gasteiger partial charge in [-0.25, -0.2) is 0 Å². The summed E-state index contributed by atoms with van der Waals surface area (Å²) in [5.74, 6) is 0. The SMILES string of the molecule is Nc1cc(Cl)ccc1NCC1(CO)CCCC1. The van der Waals surface area contributed by atoms with E-state index < -0.39 is 0 Å². The fourth-order valence-electron chi connectivity index (χ4n) is 2.49. The van der Waals surface area contributed by atoms with E-state index in [1.807, 2.05) is 12.1 Å². The van der Waals surface area contributed by atoms with Crippen molar-refractivity contribution in [2.45, 2.75) is 25.7 Å². The van der Waals surface area contributed by atoms with E-state index in [2.05, 4.69) is 5.32 Å². The first-order chi connectivity index (χ1) is 8.15. The molecule has 0 bridgehead atoms. The van der Waals surface area contributed by atoms with Gasteiger partial charge in [0.25, 0.3) is 0 Å². The minimum absolute atomic E-state index is 0.0338. The summed E-state index contributed by atoms with van der Waals surface area (Å²) < 4.78 is 0. The van der Waals surface area contributed by atoms with Crippen LogP contribution in [0.4, 0.5) is 11.4 Å². The highest BCUT2D eigenvalue weighted by atomic mass is 35.5. The molecule has 1 aromatic carbocycles. The Balaban J connectivity index is 2.01. The Bertz CT molecular complexity index is 389. The Labute approximate surface area is 107 Å². The Hall–Kier alpha value is -0.930. The quantitative estimate of drug-likeness (QED) is 0.724. The van der Waals surface area contributed by atoms with E-state index in [0.29, 0.717) is 10.7 Å². The van der Waals surface area contributed by atoms with Crippen LogP contribution in [0.3, 0.4) is 0 Å². The van der Waals surface area contributed by atoms with Gasteiger partial charge in [0.15, 0.2) is 0 Å². The van der Waals surface area contributed by atoms with Crippen LogP contribution < -0.4 is 11.1 Å². The van der Waals surface area contributed by atoms with Gasteiger partial charge in [-0.05, 0) is 31.0 Å². The van der Waals surface area contributed by atoms with Gasteiger partial charge in [-0.3, -0.25) is 0 Å². The number of aliphatic hydroxyl groups is 1. The predicted octanol–water partition coefficient (Wildman–Crippen LogP) is 2.89. The lowest BCUT2D eigenvalue weighted by molar-refractivity contribution is 0.142. The molecule has 0 atom stereocenters. The first-order valence-electron chi connectivity index (χ1n) is 6.05. The second-order valence-corrected chi connectivity index (χ2v) is 5.39. The van der Waals surface area contributed by atoms with Crippen LogP contribution in [0.25, 0.3) is 0 Å². The molecule has 0 aromatic heterocycles. The smallest absolute Gasteiger partial charge is 0.0575 e. The maximum atomic E-state index is 9.52. The number of nitrogens with two attached hydrogens (primary N) is 1. The van der Waals surface area contributed by atoms with Crippen LogP contribution >= 0.6 is 11.6 Å². The van der Waals surface area contributed by atoms with Gasteiger partial charge in [-0.15, -0.1) is 0 Å². The maximum Gasteiger partial charge on any atom is 0.0575 e. The lowest BCUT2D eigenvalue weighted by atomic mass is 9.87. The summed E-state index contributed by atoms with van der Waals surface area (Å²) in [6.07, 6.45) is 4.59. The third-order valence-corrected chi connectivity index (χ3v) is 3.90. The van der Waals surface area contributed by atoms with Crippen molar-refractivity contribution < 1.29 is 5.11 Å². The second-order valence-electron chi connectivity index (χ2n) is 4.95. The number of rotatable bonds is 4. The Morgan fingerprint density at radius 1 is 1.35 bits per heavy atom. The third-order valence-electron chi connectivity index (χ3n) is 3.67. The predicted molar refractivity (Wildman–Crippen MR) is 72.3 cm³/mol. The molecule has 4 N–H and O–H groups in total. The largest absolute Gasteiger partial charge is 0.397 e. The minimum atomic E-state index is 0.0338. The molecule has 94 valence electrons. The summed E-state index contributed by atoms with van der Waals surface area (Å²) in [6.45, 7) is 1.02. The third kappa shape index (κ3) is 2.85. The Kier molecular flexibility index (Phi) is 3.79. The fraction of sp³-hybridized carbons (Fsp3) is 0.538. The molecule has 4 heteroatoms. The molecule has 0 radical (unpaired) electrons. The summed E-state index contributed by atoms with van der Waals surface area (Å²) >= 11 is 5.85. The van der Waals surface area contributed by atoms with Crippen LogP contribution in [0.1, 0.15) is 25.7 Å². The summed E-state index contributed by atoms with van der Waals surface area (Å²) in [4.78, 5) is 0. The maximum absolute atomic E-state index is 9.52. The van der Waals surface area contributed by atoms with Gasteiger partial charge in [0.2, 0.25) is 0 Å². The number of benzene rings is 1. The molecule has 1 aliphatic carbocycles. The van der Waals surface area contributed by atoms with E-state index in [9.17, 15) is 5.11 Å². The summed E-state index contributed by atoms with van der Waals surface area (Å²) in [7, 11) is 0. The topological polar surface area (TPSA) is 58.3 Å². The molecule has 1 fully saturated rings. The number of nitrogen functional groups attached to an aromatic ring is 1. The number of anilines is 2. The van der Waals surface area contributed by atoms with Gasteiger partial charge >= 0.3 is 0 Å². The van der Waals surface area contributed by atoms with E-state index in [4.69, 9.17) is 17.3 Å². The van der Waals surface area contributed by atoms with Gasteiger partial charge in [0.1, 0.15) is 0 Å². The first kappa shape index (κ1) is 12.5. The lowest BCUT2D eigenvalue weighted by Gasteiger charge is -2.27. The van der Waals surface area contributed by atoms with Gasteiger partial charge < -0.3 is 16.2 Å². The highest BCUT2D eigenvalue weighted by molar-refractivity contribution is 6.31. The molecule has 0 amide bonds. The normalized spacial score (nSPS) is 18.2. The van der Waals surface area contributed by atoms with Crippen LogP contribution in [-0.2, 0) is 0 Å². The molecule has 1 saturated carbocycles. The summed E-state index contributed by atoms with van der Waals surface area (Å²) in [5.41, 5.74) is 7.47. The van der Waals surface area contributed by atoms with Crippen molar-refractivity contribution >= 4 is 23.0 Å². The molecule has 1 aliphatic rings. The number of aliphatic hydroxyl groups excluding tert-OH is 1. The molecule has 17 heavy (non-hydrogen) atoms. The average Bonchev–Trinajstić information content (AvgIpc) is 2.77. The van der Waals surface area contributed by atoms with Crippen molar-refractivity contribution in [1.82, 2.24) is 0 Å². The van der Waals surface area contributed by atoms with Crippen LogP contribution in [0.15, 0.2) is 18.2 Å². The van der Waals surface area contributed by atoms with Crippen molar-refractivity contribution in [2.24, 2.45) is 5.41 Å². The van der Waals surface area contributed by atoms with Crippen molar-refractivity contribution in [3.63, 3.8) is 0 Å². The van der Waals surface area contributed by atoms with E-state index in [1.165, 1.54) is 12.8 Å². The van der Waals surface area contributed by atoms with Gasteiger partial charge in [-0.2, -0.15) is 0 Å². The highest BCUT2D eigenvalue weighted by Crippen LogP contribution is 2.38. The number of halogens is 1. The van der Waals surface area contributed by atoms with E-state index in [1.54, 1.807) is 6.07 Å². The van der Waals surface area contributed by atoms with Crippen molar-refractivity contribution in [3.05, 3.63) is 23.2 Å². The van der Waals surface area contributed by atoms with E-state index in [0.717, 1.165) is 25.1 Å². The van der Waals surface area contributed by atoms with Crippen molar-refractivity contribution in [1.29, 1.82) is 0 Å². The molecule has 0 spiro atoms. The molecule has 0 heterocycles. The first-order valence-corrected chi connectivity index (χ1v) is 6.43. The van der Waals surface area contributed by atoms with Gasteiger partial charge in [-0.1, -0.05) is 24.4 Å². The zero-order valence-electron chi connectivity index (χ0n) is 9.88. The number of hydrogen-bond acceptors (Lipinski definition) is 3. The molecular weight excluding hydrogens is 236 g/mol. The Morgan fingerprint density at radius 3 is 2.65 bits per heavy atom. The fourth-order valence-corrected chi connectivity index (χ4v) is 2.67. The highest BCUT2D eigenvalue weighted by Gasteiger charge is 2.32. The van der Waals surface area contributed by atoms with Crippen LogP contribution in [0.5, 0.6) is 0 Å². The molecule has 1 aromatic rings. The Morgan fingerprint density at radius 2 is 2.06 bits per heavy atom. The molecule has 0 saturated heterocycles. The van der Waals surface area contributed by atoms with Crippen molar-refractivity contribution in [2.75, 3.05) is 24.2 Å². The molecular formula is C13H19ClN2O. The minimum Gasteiger partial charge on any atom is -0.397 e. The van der Waals surface area contributed by atoms with Gasteiger partial charge in [0, 0.05) is 17.0 Å².